The number of hydrogen-bond acceptors (Lipinski definition) is 7. The van der Waals surface area contributed by atoms with E-state index in [9.17, 15) is 19.8 Å². The van der Waals surface area contributed by atoms with Crippen LogP contribution in [0.5, 0.6) is 17.2 Å². The molecule has 0 saturated heterocycles. The monoisotopic (exact) mass is 517 g/mol. The predicted octanol–water partition coefficient (Wildman–Crippen LogP) is 5.82. The summed E-state index contributed by atoms with van der Waals surface area (Å²) in [5.41, 5.74) is 2.12. The van der Waals surface area contributed by atoms with Gasteiger partial charge in [0.15, 0.2) is 23.0 Å². The average molecular weight is 518 g/mol. The molecule has 0 aliphatic rings. The Kier molecular flexibility index (Phi) is 8.33. The minimum absolute atomic E-state index is 0.0256. The Balaban J connectivity index is 1.58. The molecule has 0 aliphatic carbocycles. The molecule has 1 atom stereocenters. The number of nitrogens with one attached hydrogen (secondary N) is 1. The van der Waals surface area contributed by atoms with Crippen molar-refractivity contribution in [1.29, 1.82) is 0 Å². The van der Waals surface area contributed by atoms with Gasteiger partial charge in [-0.25, -0.2) is 0 Å². The summed E-state index contributed by atoms with van der Waals surface area (Å²) in [5.74, 6) is -0.930. The molecule has 1 aromatic heterocycles. The Bertz CT molecular complexity index is 1490. The first-order valence-electron chi connectivity index (χ1n) is 12.5. The maximum absolute atomic E-state index is 13.1. The lowest BCUT2D eigenvalue weighted by atomic mass is 10.1. The molecule has 8 nitrogen and oxygen atoms in total. The van der Waals surface area contributed by atoms with Crippen molar-refractivity contribution in [2.24, 2.45) is 0 Å². The molecule has 4 rings (SSSR count). The lowest BCUT2D eigenvalue weighted by Gasteiger charge is -2.20. The molecule has 0 spiro atoms. The molecule has 8 heteroatoms. The minimum Gasteiger partial charge on any atom is -0.507 e. The summed E-state index contributed by atoms with van der Waals surface area (Å²) in [6, 6.07) is 16.7. The van der Waals surface area contributed by atoms with E-state index in [4.69, 9.17) is 13.9 Å². The molecule has 4 aromatic rings. The Morgan fingerprint density at radius 1 is 1.05 bits per heavy atom. The van der Waals surface area contributed by atoms with E-state index in [0.717, 1.165) is 36.5 Å². The number of benzene rings is 3. The first kappa shape index (κ1) is 26.8. The fraction of sp³-hybridized carbons (Fsp3) is 0.267. The SMILES string of the molecule is CCCCCOC(NC(=O)c1ccc(-c2cc(=O)c3c(O)cc(OC)c(O)c3o2)cc1)c1cccc(C)c1. The van der Waals surface area contributed by atoms with E-state index < -0.39 is 17.4 Å². The lowest BCUT2D eigenvalue weighted by molar-refractivity contribution is 0.0248. The first-order chi connectivity index (χ1) is 18.3. The van der Waals surface area contributed by atoms with Crippen LogP contribution in [0.1, 0.15) is 53.9 Å². The number of fused-ring (bicyclic) bond motifs is 1. The summed E-state index contributed by atoms with van der Waals surface area (Å²) in [7, 11) is 1.33. The maximum Gasteiger partial charge on any atom is 0.253 e. The van der Waals surface area contributed by atoms with Crippen LogP contribution in [0.3, 0.4) is 0 Å². The van der Waals surface area contributed by atoms with Crippen LogP contribution in [0.25, 0.3) is 22.3 Å². The zero-order valence-corrected chi connectivity index (χ0v) is 21.6. The van der Waals surface area contributed by atoms with Crippen LogP contribution >= 0.6 is 0 Å². The van der Waals surface area contributed by atoms with Crippen molar-refractivity contribution in [2.45, 2.75) is 39.3 Å². The molecule has 0 saturated carbocycles. The van der Waals surface area contributed by atoms with E-state index in [1.807, 2.05) is 31.2 Å². The van der Waals surface area contributed by atoms with Crippen LogP contribution in [0.2, 0.25) is 0 Å². The van der Waals surface area contributed by atoms with Crippen molar-refractivity contribution in [3.63, 3.8) is 0 Å². The number of phenolic OH excluding ortho intramolecular Hbond substituents is 2. The summed E-state index contributed by atoms with van der Waals surface area (Å²) in [4.78, 5) is 25.8. The van der Waals surface area contributed by atoms with Gasteiger partial charge in [-0.2, -0.15) is 0 Å². The van der Waals surface area contributed by atoms with Crippen molar-refractivity contribution in [3.05, 3.63) is 87.6 Å². The molecule has 3 N–H and O–H groups in total. The number of ether oxygens (including phenoxy) is 2. The minimum atomic E-state index is -0.594. The number of carbonyl (C=O) groups is 1. The predicted molar refractivity (Wildman–Crippen MR) is 145 cm³/mol. The molecule has 1 amide bonds. The van der Waals surface area contributed by atoms with Crippen LogP contribution in [0.4, 0.5) is 0 Å². The molecule has 0 bridgehead atoms. The van der Waals surface area contributed by atoms with Crippen LogP contribution in [-0.2, 0) is 4.74 Å². The van der Waals surface area contributed by atoms with Gasteiger partial charge in [-0.15, -0.1) is 0 Å². The molecule has 0 radical (unpaired) electrons. The molecule has 38 heavy (non-hydrogen) atoms. The van der Waals surface area contributed by atoms with Crippen molar-refractivity contribution in [2.75, 3.05) is 13.7 Å². The summed E-state index contributed by atoms with van der Waals surface area (Å²) < 4.78 is 16.8. The lowest BCUT2D eigenvalue weighted by Crippen LogP contribution is -2.30. The molecule has 0 aliphatic heterocycles. The van der Waals surface area contributed by atoms with Crippen LogP contribution in [0, 0.1) is 6.92 Å². The largest absolute Gasteiger partial charge is 0.507 e. The smallest absolute Gasteiger partial charge is 0.253 e. The number of hydrogen-bond donors (Lipinski definition) is 3. The summed E-state index contributed by atoms with van der Waals surface area (Å²) >= 11 is 0. The van der Waals surface area contributed by atoms with Gasteiger partial charge >= 0.3 is 0 Å². The van der Waals surface area contributed by atoms with Gasteiger partial charge in [0.25, 0.3) is 5.91 Å². The van der Waals surface area contributed by atoms with Gasteiger partial charge in [0.2, 0.25) is 5.75 Å². The van der Waals surface area contributed by atoms with E-state index >= 15 is 0 Å². The number of aromatic hydroxyl groups is 2. The number of phenols is 2. The highest BCUT2D eigenvalue weighted by Crippen LogP contribution is 2.40. The van der Waals surface area contributed by atoms with Crippen LogP contribution < -0.4 is 15.5 Å². The van der Waals surface area contributed by atoms with E-state index in [0.29, 0.717) is 17.7 Å². The van der Waals surface area contributed by atoms with Crippen LogP contribution in [0.15, 0.2) is 69.9 Å². The zero-order chi connectivity index (χ0) is 27.2. The zero-order valence-electron chi connectivity index (χ0n) is 21.6. The summed E-state index contributed by atoms with van der Waals surface area (Å²) in [6.07, 6.45) is 2.43. The third-order valence-electron chi connectivity index (χ3n) is 6.21. The molecule has 0 fully saturated rings. The van der Waals surface area contributed by atoms with Crippen molar-refractivity contribution < 1.29 is 28.9 Å². The summed E-state index contributed by atoms with van der Waals surface area (Å²) in [5, 5.41) is 23.4. The Labute approximate surface area is 220 Å². The fourth-order valence-electron chi connectivity index (χ4n) is 4.17. The standard InChI is InChI=1S/C30H31NO7/c1-4-5-6-14-37-30(21-9-7-8-18(2)15-21)31-29(35)20-12-10-19(11-13-20)24-16-22(32)26-23(33)17-25(36-3)27(34)28(26)38-24/h7-13,15-17,30,33-34H,4-6,14H2,1-3H3,(H,31,35). The quantitative estimate of drug-likeness (QED) is 0.138. The first-order valence-corrected chi connectivity index (χ1v) is 12.5. The van der Waals surface area contributed by atoms with Gasteiger partial charge in [-0.05, 0) is 25.5 Å². The van der Waals surface area contributed by atoms with Gasteiger partial charge < -0.3 is 29.4 Å². The molecule has 198 valence electrons. The van der Waals surface area contributed by atoms with Crippen molar-refractivity contribution in [3.8, 4) is 28.6 Å². The fourth-order valence-corrected chi connectivity index (χ4v) is 4.17. The van der Waals surface area contributed by atoms with Gasteiger partial charge in [0.1, 0.15) is 16.9 Å². The van der Waals surface area contributed by atoms with Gasteiger partial charge in [-0.3, -0.25) is 9.59 Å². The highest BCUT2D eigenvalue weighted by molar-refractivity contribution is 5.95. The number of amides is 1. The number of rotatable bonds is 10. The molecule has 3 aromatic carbocycles. The Morgan fingerprint density at radius 3 is 2.50 bits per heavy atom. The second kappa shape index (κ2) is 11.8. The van der Waals surface area contributed by atoms with Crippen molar-refractivity contribution in [1.82, 2.24) is 5.32 Å². The maximum atomic E-state index is 13.1. The average Bonchev–Trinajstić information content (AvgIpc) is 2.92. The third-order valence-corrected chi connectivity index (χ3v) is 6.21. The summed E-state index contributed by atoms with van der Waals surface area (Å²) in [6.45, 7) is 4.64. The second-order valence-electron chi connectivity index (χ2n) is 9.05. The van der Waals surface area contributed by atoms with E-state index in [2.05, 4.69) is 12.2 Å². The molecule has 1 unspecified atom stereocenters. The van der Waals surface area contributed by atoms with E-state index in [1.54, 1.807) is 24.3 Å². The number of methoxy groups -OCH3 is 1. The van der Waals surface area contributed by atoms with E-state index in [1.165, 1.54) is 13.2 Å². The van der Waals surface area contributed by atoms with Gasteiger partial charge in [0.05, 0.1) is 7.11 Å². The van der Waals surface area contributed by atoms with Crippen molar-refractivity contribution >= 4 is 16.9 Å². The number of aryl methyl sites for hydroxylation is 1. The normalized spacial score (nSPS) is 11.9. The van der Waals surface area contributed by atoms with Gasteiger partial charge in [-0.1, -0.05) is 61.7 Å². The third kappa shape index (κ3) is 5.81. The Morgan fingerprint density at radius 2 is 1.82 bits per heavy atom. The van der Waals surface area contributed by atoms with E-state index in [-0.39, 0.29) is 34.1 Å². The number of carbonyl (C=O) groups excluding carboxylic acids is 1. The molecule has 1 heterocycles. The highest BCUT2D eigenvalue weighted by Gasteiger charge is 2.20. The molecular weight excluding hydrogens is 486 g/mol. The number of unbranched alkanes of at least 4 members (excludes halogenated alkanes) is 2. The van der Waals surface area contributed by atoms with Crippen LogP contribution in [-0.4, -0.2) is 29.8 Å². The Hall–Kier alpha value is -4.30. The second-order valence-corrected chi connectivity index (χ2v) is 9.05. The topological polar surface area (TPSA) is 118 Å². The highest BCUT2D eigenvalue weighted by atomic mass is 16.5. The van der Waals surface area contributed by atoms with Gasteiger partial charge in [0, 0.05) is 35.4 Å². The molecular formula is C30H31NO7.